The fraction of sp³-hybridized carbons (Fsp3) is 0.308. The van der Waals surface area contributed by atoms with Crippen molar-refractivity contribution >= 4 is 23.8 Å². The lowest BCUT2D eigenvalue weighted by molar-refractivity contribution is 0.223. The van der Waals surface area contributed by atoms with Gasteiger partial charge >= 0.3 is 0 Å². The van der Waals surface area contributed by atoms with Crippen LogP contribution in [0.25, 0.3) is 11.3 Å². The van der Waals surface area contributed by atoms with Crippen molar-refractivity contribution in [1.82, 2.24) is 0 Å². The van der Waals surface area contributed by atoms with E-state index in [2.05, 4.69) is 29.9 Å². The van der Waals surface area contributed by atoms with Gasteiger partial charge in [0.2, 0.25) is 0 Å². The zero-order chi connectivity index (χ0) is 23.8. The predicted molar refractivity (Wildman–Crippen MR) is 133 cm³/mol. The van der Waals surface area contributed by atoms with Gasteiger partial charge in [0.15, 0.2) is 0 Å². The Morgan fingerprint density at radius 2 is 1.94 bits per heavy atom. The third-order valence-corrected chi connectivity index (χ3v) is 4.70. The Balaban J connectivity index is 3.09. The number of hydrogen-bond acceptors (Lipinski definition) is 3. The minimum atomic E-state index is -1.51. The Labute approximate surface area is 185 Å². The van der Waals surface area contributed by atoms with Crippen LogP contribution in [0.1, 0.15) is 44.4 Å². The molecule has 0 heterocycles. The molecule has 166 valence electrons. The third-order valence-electron chi connectivity index (χ3n) is 4.70. The van der Waals surface area contributed by atoms with Crippen LogP contribution in [-0.4, -0.2) is 36.0 Å². The number of nitrogens with two attached hydrogens (primary N) is 1. The molecular weight excluding hydrogens is 389 g/mol. The predicted octanol–water partition coefficient (Wildman–Crippen LogP) is 5.59. The van der Waals surface area contributed by atoms with Crippen LogP contribution in [0.2, 0.25) is 0 Å². The first-order chi connectivity index (χ1) is 14.4. The Bertz CT molecular complexity index is 955. The van der Waals surface area contributed by atoms with Gasteiger partial charge in [-0.3, -0.25) is 4.99 Å². The number of nitrogens with zero attached hydrogens (tertiary/aromatic N) is 2. The second-order valence-electron chi connectivity index (χ2n) is 8.07. The average molecular weight is 424 g/mol. The summed E-state index contributed by atoms with van der Waals surface area (Å²) < 4.78 is 14.2. The number of aliphatic imine (C=N–C) groups is 2. The summed E-state index contributed by atoms with van der Waals surface area (Å²) in [6, 6.07) is 5.48. The monoisotopic (exact) mass is 423 g/mol. The van der Waals surface area contributed by atoms with E-state index < -0.39 is 11.8 Å². The van der Waals surface area contributed by atoms with E-state index >= 15 is 0 Å². The zero-order valence-corrected chi connectivity index (χ0v) is 19.2. The number of aliphatic hydroxyl groups excluding tert-OH is 1. The normalized spacial score (nSPS) is 14.1. The van der Waals surface area contributed by atoms with Gasteiger partial charge in [0, 0.05) is 11.8 Å². The maximum atomic E-state index is 14.2. The van der Waals surface area contributed by atoms with Crippen LogP contribution < -0.4 is 5.73 Å². The summed E-state index contributed by atoms with van der Waals surface area (Å²) in [4.78, 5) is 8.21. The van der Waals surface area contributed by atoms with Crippen molar-refractivity contribution in [3.05, 3.63) is 83.5 Å². The molecule has 1 aromatic carbocycles. The molecule has 0 aliphatic rings. The van der Waals surface area contributed by atoms with Crippen LogP contribution in [0.4, 0.5) is 4.39 Å². The van der Waals surface area contributed by atoms with Gasteiger partial charge in [-0.1, -0.05) is 49.1 Å². The molecule has 0 aliphatic heterocycles. The highest BCUT2D eigenvalue weighted by Gasteiger charge is 2.22. The highest BCUT2D eigenvalue weighted by Crippen LogP contribution is 2.31. The molecule has 0 amide bonds. The first-order valence-corrected chi connectivity index (χ1v) is 10.0. The highest BCUT2D eigenvalue weighted by molar-refractivity contribution is 6.01. The largest absolute Gasteiger partial charge is 0.398 e. The lowest BCUT2D eigenvalue weighted by atomic mass is 9.90. The summed E-state index contributed by atoms with van der Waals surface area (Å²) in [6.45, 7) is 20.0. The van der Waals surface area contributed by atoms with E-state index in [9.17, 15) is 9.50 Å². The SMILES string of the molecule is C=C/C(=C\C=C(C)C)C(O)CN=C(C=C(N)c1ccc(C(=C)C(C)(C)F)c(C)c1)N=C. The van der Waals surface area contributed by atoms with Crippen LogP contribution in [0.3, 0.4) is 0 Å². The van der Waals surface area contributed by atoms with E-state index in [0.717, 1.165) is 22.3 Å². The van der Waals surface area contributed by atoms with E-state index in [0.29, 0.717) is 22.7 Å². The van der Waals surface area contributed by atoms with Crippen molar-refractivity contribution in [2.75, 3.05) is 6.54 Å². The number of amidine groups is 1. The standard InChI is InChI=1S/C26H34FN3O/c1-9-20(11-10-17(2)3)24(31)16-30-25(29-8)15-23(28)21-12-13-22(18(4)14-21)19(5)26(6,7)27/h9-15,24,31H,1,5,8,16,28H2,2-4,6-7H3/b20-11+,23-15?,30-25?. The first-order valence-electron chi connectivity index (χ1n) is 10.0. The summed E-state index contributed by atoms with van der Waals surface area (Å²) in [5, 5.41) is 10.4. The molecule has 31 heavy (non-hydrogen) atoms. The fourth-order valence-electron chi connectivity index (χ4n) is 2.73. The molecule has 0 fully saturated rings. The van der Waals surface area contributed by atoms with E-state index in [-0.39, 0.29) is 6.54 Å². The number of halogens is 1. The van der Waals surface area contributed by atoms with Crippen molar-refractivity contribution in [3.8, 4) is 0 Å². The number of allylic oxidation sites excluding steroid dienone is 4. The molecule has 4 nitrogen and oxygen atoms in total. The van der Waals surface area contributed by atoms with Crippen molar-refractivity contribution in [3.63, 3.8) is 0 Å². The van der Waals surface area contributed by atoms with E-state index in [1.807, 2.05) is 39.0 Å². The van der Waals surface area contributed by atoms with Gasteiger partial charge in [-0.15, -0.1) is 0 Å². The van der Waals surface area contributed by atoms with E-state index in [1.54, 1.807) is 24.3 Å². The van der Waals surface area contributed by atoms with Gasteiger partial charge in [0.25, 0.3) is 0 Å². The number of benzene rings is 1. The van der Waals surface area contributed by atoms with Crippen molar-refractivity contribution < 1.29 is 9.50 Å². The minimum absolute atomic E-state index is 0.0932. The summed E-state index contributed by atoms with van der Waals surface area (Å²) in [5.41, 5.74) is 9.71. The molecule has 1 aromatic rings. The van der Waals surface area contributed by atoms with Gasteiger partial charge in [-0.25, -0.2) is 9.38 Å². The van der Waals surface area contributed by atoms with Crippen LogP contribution in [0.5, 0.6) is 0 Å². The van der Waals surface area contributed by atoms with Crippen LogP contribution in [0, 0.1) is 6.92 Å². The number of aryl methyl sites for hydroxylation is 1. The second-order valence-corrected chi connectivity index (χ2v) is 8.07. The summed E-state index contributed by atoms with van der Waals surface area (Å²) in [5.74, 6) is 0.304. The van der Waals surface area contributed by atoms with Gasteiger partial charge in [0.1, 0.15) is 11.5 Å². The molecule has 1 atom stereocenters. The summed E-state index contributed by atoms with van der Waals surface area (Å²) >= 11 is 0. The summed E-state index contributed by atoms with van der Waals surface area (Å²) in [7, 11) is 0. The Morgan fingerprint density at radius 3 is 2.42 bits per heavy atom. The van der Waals surface area contributed by atoms with Crippen molar-refractivity contribution in [2.24, 2.45) is 15.7 Å². The second kappa shape index (κ2) is 11.4. The number of alkyl halides is 1. The molecule has 1 rings (SSSR count). The minimum Gasteiger partial charge on any atom is -0.398 e. The van der Waals surface area contributed by atoms with Crippen LogP contribution >= 0.6 is 0 Å². The Kier molecular flexibility index (Phi) is 9.53. The lowest BCUT2D eigenvalue weighted by Crippen LogP contribution is -2.15. The molecular formula is C26H34FN3O. The van der Waals surface area contributed by atoms with Crippen LogP contribution in [-0.2, 0) is 0 Å². The molecule has 1 unspecified atom stereocenters. The molecule has 0 bridgehead atoms. The third kappa shape index (κ3) is 7.95. The lowest BCUT2D eigenvalue weighted by Gasteiger charge is -2.20. The number of rotatable bonds is 9. The fourth-order valence-corrected chi connectivity index (χ4v) is 2.73. The Hall–Kier alpha value is -3.05. The van der Waals surface area contributed by atoms with Gasteiger partial charge < -0.3 is 10.8 Å². The molecule has 0 radical (unpaired) electrons. The smallest absolute Gasteiger partial charge is 0.148 e. The molecule has 3 N–H and O–H groups in total. The molecule has 5 heteroatoms. The van der Waals surface area contributed by atoms with Crippen LogP contribution in [0.15, 0.2) is 76.8 Å². The Morgan fingerprint density at radius 1 is 1.29 bits per heavy atom. The van der Waals surface area contributed by atoms with Crippen molar-refractivity contribution in [1.29, 1.82) is 0 Å². The van der Waals surface area contributed by atoms with E-state index in [1.165, 1.54) is 13.8 Å². The van der Waals surface area contributed by atoms with Gasteiger partial charge in [-0.05, 0) is 75.2 Å². The molecule has 0 spiro atoms. The quantitative estimate of drug-likeness (QED) is 0.308. The topological polar surface area (TPSA) is 71.0 Å². The average Bonchev–Trinajstić information content (AvgIpc) is 2.69. The molecule has 0 aliphatic carbocycles. The maximum Gasteiger partial charge on any atom is 0.148 e. The molecule has 0 saturated carbocycles. The molecule has 0 saturated heterocycles. The maximum absolute atomic E-state index is 14.2. The highest BCUT2D eigenvalue weighted by atomic mass is 19.1. The van der Waals surface area contributed by atoms with E-state index in [4.69, 9.17) is 5.73 Å². The first kappa shape index (κ1) is 26.0. The number of aliphatic hydroxyl groups is 1. The molecule has 0 aromatic heterocycles. The van der Waals surface area contributed by atoms with Crippen molar-refractivity contribution in [2.45, 2.75) is 46.4 Å². The van der Waals surface area contributed by atoms with Gasteiger partial charge in [-0.2, -0.15) is 0 Å². The number of hydrogen-bond donors (Lipinski definition) is 2. The van der Waals surface area contributed by atoms with Gasteiger partial charge in [0.05, 0.1) is 12.6 Å². The summed E-state index contributed by atoms with van der Waals surface area (Å²) in [6.07, 6.45) is 6.08. The zero-order valence-electron chi connectivity index (χ0n) is 19.2.